The second-order valence-electron chi connectivity index (χ2n) is 4.31. The van der Waals surface area contributed by atoms with E-state index in [2.05, 4.69) is 24.4 Å². The van der Waals surface area contributed by atoms with Crippen LogP contribution in [0.2, 0.25) is 5.02 Å². The Hall–Kier alpha value is -0.530. The monoisotopic (exact) mass is 223 g/mol. The summed E-state index contributed by atoms with van der Waals surface area (Å²) >= 11 is 6.00. The summed E-state index contributed by atoms with van der Waals surface area (Å²) in [5.74, 6) is 0. The van der Waals surface area contributed by atoms with Crippen molar-refractivity contribution in [1.29, 1.82) is 0 Å². The first-order valence-corrected chi connectivity index (χ1v) is 6.19. The Kier molecular flexibility index (Phi) is 3.66. The lowest BCUT2D eigenvalue weighted by Gasteiger charge is -2.31. The van der Waals surface area contributed by atoms with Crippen molar-refractivity contribution in [3.63, 3.8) is 0 Å². The molecule has 0 aromatic heterocycles. The van der Waals surface area contributed by atoms with E-state index in [0.717, 1.165) is 17.5 Å². The van der Waals surface area contributed by atoms with E-state index in [4.69, 9.17) is 11.6 Å². The van der Waals surface area contributed by atoms with Gasteiger partial charge in [0.25, 0.3) is 0 Å². The summed E-state index contributed by atoms with van der Waals surface area (Å²) in [6, 6.07) is 9.39. The summed E-state index contributed by atoms with van der Waals surface area (Å²) in [4.78, 5) is 0. The van der Waals surface area contributed by atoms with Crippen LogP contribution in [0.3, 0.4) is 0 Å². The van der Waals surface area contributed by atoms with Gasteiger partial charge in [-0.3, -0.25) is 0 Å². The Bertz CT molecular complexity index is 320. The zero-order valence-electron chi connectivity index (χ0n) is 9.17. The van der Waals surface area contributed by atoms with Crippen molar-refractivity contribution in [2.45, 2.75) is 44.7 Å². The van der Waals surface area contributed by atoms with Gasteiger partial charge in [-0.2, -0.15) is 0 Å². The molecule has 2 heteroatoms. The summed E-state index contributed by atoms with van der Waals surface area (Å²) in [5.41, 5.74) is 1.32. The molecule has 1 fully saturated rings. The van der Waals surface area contributed by atoms with Crippen LogP contribution in [0.4, 0.5) is 0 Å². The smallest absolute Gasteiger partial charge is 0.0409 e. The Morgan fingerprint density at radius 2 is 2.27 bits per heavy atom. The minimum Gasteiger partial charge on any atom is -0.307 e. The van der Waals surface area contributed by atoms with E-state index in [1.165, 1.54) is 24.8 Å². The molecule has 0 spiro atoms. The Balaban J connectivity index is 2.04. The van der Waals surface area contributed by atoms with E-state index >= 15 is 0 Å². The Morgan fingerprint density at radius 3 is 2.80 bits per heavy atom. The van der Waals surface area contributed by atoms with Crippen LogP contribution in [-0.2, 0) is 0 Å². The molecule has 0 amide bonds. The predicted molar refractivity (Wildman–Crippen MR) is 65.3 cm³/mol. The minimum absolute atomic E-state index is 0.467. The third kappa shape index (κ3) is 2.73. The standard InChI is InChI=1S/C13H18ClN/c1-2-13(15-12-7-4-8-12)10-5-3-6-11(14)9-10/h3,5-6,9,12-13,15H,2,4,7-8H2,1H3. The summed E-state index contributed by atoms with van der Waals surface area (Å²) in [6.07, 6.45) is 5.16. The number of hydrogen-bond acceptors (Lipinski definition) is 1. The van der Waals surface area contributed by atoms with Crippen molar-refractivity contribution in [2.75, 3.05) is 0 Å². The van der Waals surface area contributed by atoms with Gasteiger partial charge in [0.15, 0.2) is 0 Å². The van der Waals surface area contributed by atoms with Crippen molar-refractivity contribution in [3.8, 4) is 0 Å². The quantitative estimate of drug-likeness (QED) is 0.816. The SMILES string of the molecule is CCC(NC1CCC1)c1cccc(Cl)c1. The fraction of sp³-hybridized carbons (Fsp3) is 0.538. The van der Waals surface area contributed by atoms with E-state index in [1.807, 2.05) is 12.1 Å². The summed E-state index contributed by atoms with van der Waals surface area (Å²) in [5, 5.41) is 4.52. The predicted octanol–water partition coefficient (Wildman–Crippen LogP) is 3.93. The minimum atomic E-state index is 0.467. The summed E-state index contributed by atoms with van der Waals surface area (Å²) < 4.78 is 0. The molecular formula is C13H18ClN. The van der Waals surface area contributed by atoms with Crippen molar-refractivity contribution in [2.24, 2.45) is 0 Å². The summed E-state index contributed by atoms with van der Waals surface area (Å²) in [6.45, 7) is 2.22. The van der Waals surface area contributed by atoms with Crippen molar-refractivity contribution >= 4 is 11.6 Å². The highest BCUT2D eigenvalue weighted by molar-refractivity contribution is 6.30. The zero-order chi connectivity index (χ0) is 10.7. The van der Waals surface area contributed by atoms with E-state index in [0.29, 0.717) is 6.04 Å². The molecule has 1 aromatic carbocycles. The summed E-state index contributed by atoms with van der Waals surface area (Å²) in [7, 11) is 0. The van der Waals surface area contributed by atoms with E-state index in [9.17, 15) is 0 Å². The lowest BCUT2D eigenvalue weighted by molar-refractivity contribution is 0.302. The van der Waals surface area contributed by atoms with Crippen LogP contribution in [0, 0.1) is 0 Å². The normalized spacial score (nSPS) is 18.5. The molecule has 82 valence electrons. The molecule has 1 N–H and O–H groups in total. The molecule has 1 aliphatic rings. The second kappa shape index (κ2) is 5.00. The molecule has 1 aromatic rings. The van der Waals surface area contributed by atoms with E-state index < -0.39 is 0 Å². The molecule has 0 radical (unpaired) electrons. The fourth-order valence-corrected chi connectivity index (χ4v) is 2.23. The first-order valence-electron chi connectivity index (χ1n) is 5.81. The molecule has 1 atom stereocenters. The molecule has 1 aliphatic carbocycles. The number of benzene rings is 1. The van der Waals surface area contributed by atoms with Gasteiger partial charge in [0.2, 0.25) is 0 Å². The largest absolute Gasteiger partial charge is 0.307 e. The highest BCUT2D eigenvalue weighted by Crippen LogP contribution is 2.25. The van der Waals surface area contributed by atoms with Crippen LogP contribution < -0.4 is 5.32 Å². The van der Waals surface area contributed by atoms with Gasteiger partial charge in [-0.25, -0.2) is 0 Å². The maximum atomic E-state index is 6.00. The number of nitrogens with one attached hydrogen (secondary N) is 1. The van der Waals surface area contributed by atoms with Gasteiger partial charge in [-0.05, 0) is 37.0 Å². The van der Waals surface area contributed by atoms with Crippen molar-refractivity contribution < 1.29 is 0 Å². The maximum absolute atomic E-state index is 6.00. The van der Waals surface area contributed by atoms with Gasteiger partial charge in [0, 0.05) is 17.1 Å². The van der Waals surface area contributed by atoms with Crippen LogP contribution in [-0.4, -0.2) is 6.04 Å². The molecule has 1 nitrogen and oxygen atoms in total. The lowest BCUT2D eigenvalue weighted by atomic mass is 9.91. The average molecular weight is 224 g/mol. The maximum Gasteiger partial charge on any atom is 0.0409 e. The first kappa shape index (κ1) is 11.0. The average Bonchev–Trinajstić information content (AvgIpc) is 2.16. The number of hydrogen-bond donors (Lipinski definition) is 1. The van der Waals surface area contributed by atoms with E-state index in [-0.39, 0.29) is 0 Å². The van der Waals surface area contributed by atoms with Gasteiger partial charge < -0.3 is 5.32 Å². The Labute approximate surface area is 96.8 Å². The molecule has 0 heterocycles. The van der Waals surface area contributed by atoms with Crippen molar-refractivity contribution in [3.05, 3.63) is 34.9 Å². The highest BCUT2D eigenvalue weighted by atomic mass is 35.5. The third-order valence-corrected chi connectivity index (χ3v) is 3.44. The van der Waals surface area contributed by atoms with Crippen LogP contribution in [0.25, 0.3) is 0 Å². The Morgan fingerprint density at radius 1 is 1.47 bits per heavy atom. The van der Waals surface area contributed by atoms with E-state index in [1.54, 1.807) is 0 Å². The highest BCUT2D eigenvalue weighted by Gasteiger charge is 2.20. The number of rotatable bonds is 4. The molecular weight excluding hydrogens is 206 g/mol. The van der Waals surface area contributed by atoms with Gasteiger partial charge in [0.1, 0.15) is 0 Å². The topological polar surface area (TPSA) is 12.0 Å². The van der Waals surface area contributed by atoms with Gasteiger partial charge >= 0.3 is 0 Å². The third-order valence-electron chi connectivity index (χ3n) is 3.20. The van der Waals surface area contributed by atoms with Gasteiger partial charge in [-0.15, -0.1) is 0 Å². The van der Waals surface area contributed by atoms with Crippen LogP contribution in [0.15, 0.2) is 24.3 Å². The van der Waals surface area contributed by atoms with Crippen LogP contribution >= 0.6 is 11.6 Å². The molecule has 0 bridgehead atoms. The van der Waals surface area contributed by atoms with Crippen LogP contribution in [0.1, 0.15) is 44.2 Å². The second-order valence-corrected chi connectivity index (χ2v) is 4.75. The zero-order valence-corrected chi connectivity index (χ0v) is 9.93. The lowest BCUT2D eigenvalue weighted by Crippen LogP contribution is -2.37. The van der Waals surface area contributed by atoms with Crippen LogP contribution in [0.5, 0.6) is 0 Å². The first-order chi connectivity index (χ1) is 7.29. The van der Waals surface area contributed by atoms with Gasteiger partial charge in [-0.1, -0.05) is 37.1 Å². The molecule has 1 saturated carbocycles. The number of halogens is 1. The molecule has 15 heavy (non-hydrogen) atoms. The van der Waals surface area contributed by atoms with Crippen molar-refractivity contribution in [1.82, 2.24) is 5.32 Å². The molecule has 0 saturated heterocycles. The fourth-order valence-electron chi connectivity index (χ4n) is 2.03. The molecule has 2 rings (SSSR count). The van der Waals surface area contributed by atoms with Gasteiger partial charge in [0.05, 0.1) is 0 Å². The molecule has 0 aliphatic heterocycles. The molecule has 1 unspecified atom stereocenters.